The number of hydrazone groups is 4. The number of nitrogens with one attached hydrogen (secondary N) is 6. The minimum atomic E-state index is -0.716. The van der Waals surface area contributed by atoms with Gasteiger partial charge in [-0.25, -0.2) is 0 Å². The summed E-state index contributed by atoms with van der Waals surface area (Å²) in [5.41, 5.74) is 18.1. The van der Waals surface area contributed by atoms with Crippen LogP contribution >= 0.6 is 0 Å². The van der Waals surface area contributed by atoms with Crippen molar-refractivity contribution in [2.45, 2.75) is 12.2 Å². The largest absolute Gasteiger partial charge is 0.461 e. The zero-order chi connectivity index (χ0) is 34.1. The van der Waals surface area contributed by atoms with Crippen LogP contribution < -0.4 is 21.7 Å². The molecule has 50 heavy (non-hydrogen) atoms. The van der Waals surface area contributed by atoms with E-state index in [1.54, 1.807) is 0 Å². The van der Waals surface area contributed by atoms with Crippen LogP contribution in [-0.4, -0.2) is 34.6 Å². The lowest BCUT2D eigenvalue weighted by Gasteiger charge is -2.14. The number of hydrogen-bond acceptors (Lipinski definition) is 12. The van der Waals surface area contributed by atoms with E-state index in [0.29, 0.717) is 11.4 Å². The molecule has 2 saturated heterocycles. The lowest BCUT2D eigenvalue weighted by Crippen LogP contribution is -2.20. The maximum Gasteiger partial charge on any atom is 0.237 e. The van der Waals surface area contributed by atoms with Crippen LogP contribution in [0.2, 0.25) is 0 Å². The quantitative estimate of drug-likeness (QED) is 0.0843. The summed E-state index contributed by atoms with van der Waals surface area (Å²) in [6.07, 6.45) is -1.43. The summed E-state index contributed by atoms with van der Waals surface area (Å²) in [6.45, 7) is 0. The van der Waals surface area contributed by atoms with Gasteiger partial charge in [0.15, 0.2) is 23.6 Å². The Kier molecular flexibility index (Phi) is 9.31. The Morgan fingerprint density at radius 1 is 0.380 bits per heavy atom. The van der Waals surface area contributed by atoms with Crippen LogP contribution in [0.15, 0.2) is 166 Å². The van der Waals surface area contributed by atoms with Gasteiger partial charge in [-0.1, -0.05) is 97.1 Å². The standard InChI is InChI=1S/C38H32N10O2/c39-37-33(47-43-29-17-9-3-10-18-29)31(45-41-27-13-5-1-6-14-27)35(49-37)25-21-23-26(24-22-25)36-32(46-42-28-15-7-2-8-16-28)34(38(40)50-36)48-44-30-19-11-4-12-20-30/h1-24,35-36,39-44H. The molecule has 0 radical (unpaired) electrons. The van der Waals surface area contributed by atoms with Gasteiger partial charge < -0.3 is 9.47 Å². The molecule has 2 heterocycles. The normalized spacial score (nSPS) is 20.2. The van der Waals surface area contributed by atoms with Gasteiger partial charge in [0.2, 0.25) is 11.8 Å². The third-order valence-electron chi connectivity index (χ3n) is 7.73. The van der Waals surface area contributed by atoms with Gasteiger partial charge >= 0.3 is 0 Å². The van der Waals surface area contributed by atoms with Gasteiger partial charge in [0.25, 0.3) is 0 Å². The molecule has 2 unspecified atom stereocenters. The molecule has 0 aromatic heterocycles. The van der Waals surface area contributed by atoms with Crippen molar-refractivity contribution in [1.29, 1.82) is 10.8 Å². The summed E-state index contributed by atoms with van der Waals surface area (Å²) < 4.78 is 12.1. The highest BCUT2D eigenvalue weighted by Crippen LogP contribution is 2.32. The topological polar surface area (TPSA) is 164 Å². The van der Waals surface area contributed by atoms with E-state index in [9.17, 15) is 0 Å². The zero-order valence-electron chi connectivity index (χ0n) is 26.6. The summed E-state index contributed by atoms with van der Waals surface area (Å²) in [5, 5.41) is 35.6. The summed E-state index contributed by atoms with van der Waals surface area (Å²) >= 11 is 0. The van der Waals surface area contributed by atoms with E-state index >= 15 is 0 Å². The minimum Gasteiger partial charge on any atom is -0.461 e. The van der Waals surface area contributed by atoms with Gasteiger partial charge in [-0.15, -0.1) is 0 Å². The highest BCUT2D eigenvalue weighted by atomic mass is 16.5. The number of hydrogen-bond donors (Lipinski definition) is 6. The van der Waals surface area contributed by atoms with E-state index < -0.39 is 12.2 Å². The Balaban J connectivity index is 1.18. The highest BCUT2D eigenvalue weighted by molar-refractivity contribution is 6.70. The van der Waals surface area contributed by atoms with Gasteiger partial charge in [0.1, 0.15) is 11.4 Å². The van der Waals surface area contributed by atoms with Crippen LogP contribution in [0.4, 0.5) is 22.7 Å². The number of anilines is 4. The van der Waals surface area contributed by atoms with Gasteiger partial charge in [0, 0.05) is 0 Å². The van der Waals surface area contributed by atoms with Crippen molar-refractivity contribution in [1.82, 2.24) is 0 Å². The van der Waals surface area contributed by atoms with Crippen LogP contribution in [-0.2, 0) is 9.47 Å². The Hall–Kier alpha value is -7.08. The van der Waals surface area contributed by atoms with Crippen molar-refractivity contribution >= 4 is 57.4 Å². The Morgan fingerprint density at radius 2 is 0.660 bits per heavy atom. The monoisotopic (exact) mass is 660 g/mol. The molecule has 0 saturated carbocycles. The third-order valence-corrected chi connectivity index (χ3v) is 7.73. The molecule has 2 fully saturated rings. The summed E-state index contributed by atoms with van der Waals surface area (Å²) in [6, 6.07) is 45.5. The second kappa shape index (κ2) is 14.8. The van der Waals surface area contributed by atoms with Gasteiger partial charge in [-0.2, -0.15) is 20.4 Å². The average molecular weight is 661 g/mol. The van der Waals surface area contributed by atoms with E-state index in [-0.39, 0.29) is 23.2 Å². The number of rotatable bonds is 10. The molecule has 0 aliphatic carbocycles. The lowest BCUT2D eigenvalue weighted by molar-refractivity contribution is 0.271. The van der Waals surface area contributed by atoms with Gasteiger partial charge in [-0.3, -0.25) is 32.5 Å². The van der Waals surface area contributed by atoms with Crippen LogP contribution in [0, 0.1) is 10.8 Å². The second-order valence-corrected chi connectivity index (χ2v) is 11.1. The molecule has 2 atom stereocenters. The molecule has 2 aliphatic heterocycles. The fourth-order valence-electron chi connectivity index (χ4n) is 5.22. The van der Waals surface area contributed by atoms with Crippen LogP contribution in [0.1, 0.15) is 23.3 Å². The summed E-state index contributed by atoms with van der Waals surface area (Å²) in [4.78, 5) is 0. The summed E-state index contributed by atoms with van der Waals surface area (Å²) in [5.74, 6) is -0.228. The van der Waals surface area contributed by atoms with E-state index in [1.807, 2.05) is 146 Å². The number of benzene rings is 5. The fraction of sp³-hybridized carbons (Fsp3) is 0.0526. The van der Waals surface area contributed by atoms with Crippen LogP contribution in [0.5, 0.6) is 0 Å². The van der Waals surface area contributed by atoms with Crippen LogP contribution in [0.25, 0.3) is 0 Å². The molecule has 0 spiro atoms. The molecule has 5 aromatic carbocycles. The van der Waals surface area contributed by atoms with E-state index in [4.69, 9.17) is 20.3 Å². The van der Waals surface area contributed by atoms with Crippen molar-refractivity contribution in [3.8, 4) is 0 Å². The Labute approximate surface area is 288 Å². The molecule has 12 nitrogen and oxygen atoms in total. The SMILES string of the molecule is N=C1OC(c2ccc(C3OC(=N)C(=NNc4ccccc4)C3=NNc3ccccc3)cc2)C(=NNc2ccccc2)C1=NNc1ccccc1. The van der Waals surface area contributed by atoms with Crippen molar-refractivity contribution in [2.24, 2.45) is 20.4 Å². The van der Waals surface area contributed by atoms with Crippen molar-refractivity contribution in [3.63, 3.8) is 0 Å². The highest BCUT2D eigenvalue weighted by Gasteiger charge is 2.39. The second-order valence-electron chi connectivity index (χ2n) is 11.1. The molecule has 5 aromatic rings. The Bertz CT molecular complexity index is 1930. The molecular weight excluding hydrogens is 628 g/mol. The van der Waals surface area contributed by atoms with Crippen molar-refractivity contribution in [2.75, 3.05) is 21.7 Å². The number of ether oxygens (including phenoxy) is 2. The first-order valence-corrected chi connectivity index (χ1v) is 15.8. The van der Waals surface area contributed by atoms with Crippen LogP contribution in [0.3, 0.4) is 0 Å². The van der Waals surface area contributed by atoms with Crippen molar-refractivity contribution in [3.05, 3.63) is 157 Å². The maximum atomic E-state index is 8.65. The molecule has 6 N–H and O–H groups in total. The van der Waals surface area contributed by atoms with E-state index in [2.05, 4.69) is 42.1 Å². The molecule has 246 valence electrons. The lowest BCUT2D eigenvalue weighted by atomic mass is 9.98. The van der Waals surface area contributed by atoms with Crippen molar-refractivity contribution < 1.29 is 9.47 Å². The summed E-state index contributed by atoms with van der Waals surface area (Å²) in [7, 11) is 0. The zero-order valence-corrected chi connectivity index (χ0v) is 26.6. The predicted octanol–water partition coefficient (Wildman–Crippen LogP) is 7.66. The smallest absolute Gasteiger partial charge is 0.237 e. The average Bonchev–Trinajstić information content (AvgIpc) is 3.67. The number of nitrogens with zero attached hydrogens (tertiary/aromatic N) is 4. The first-order chi connectivity index (χ1) is 24.6. The van der Waals surface area contributed by atoms with E-state index in [1.165, 1.54) is 0 Å². The number of para-hydroxylation sites is 4. The Morgan fingerprint density at radius 3 is 0.960 bits per heavy atom. The predicted molar refractivity (Wildman–Crippen MR) is 200 cm³/mol. The van der Waals surface area contributed by atoms with Gasteiger partial charge in [0.05, 0.1) is 22.7 Å². The molecule has 0 bridgehead atoms. The first-order valence-electron chi connectivity index (χ1n) is 15.8. The minimum absolute atomic E-state index is 0.114. The molecule has 12 heteroatoms. The fourth-order valence-corrected chi connectivity index (χ4v) is 5.22. The third kappa shape index (κ3) is 7.24. The molecule has 2 aliphatic rings. The van der Waals surface area contributed by atoms with Gasteiger partial charge in [-0.05, 0) is 59.7 Å². The van der Waals surface area contributed by atoms with E-state index in [0.717, 1.165) is 33.9 Å². The first kappa shape index (κ1) is 31.5. The molecular formula is C38H32N10O2. The maximum absolute atomic E-state index is 8.65. The molecule has 7 rings (SSSR count). The molecule has 0 amide bonds.